The lowest BCUT2D eigenvalue weighted by atomic mass is 9.98. The van der Waals surface area contributed by atoms with E-state index in [1.54, 1.807) is 18.4 Å². The van der Waals surface area contributed by atoms with Gasteiger partial charge >= 0.3 is 0 Å². The molecule has 120 valence electrons. The highest BCUT2D eigenvalue weighted by molar-refractivity contribution is 8.03. The number of nitrogens with zero attached hydrogens (tertiary/aromatic N) is 1. The zero-order valence-corrected chi connectivity index (χ0v) is 13.8. The van der Waals surface area contributed by atoms with Crippen molar-refractivity contribution in [3.05, 3.63) is 76.2 Å². The van der Waals surface area contributed by atoms with Crippen molar-refractivity contribution in [3.63, 3.8) is 0 Å². The van der Waals surface area contributed by atoms with Crippen molar-refractivity contribution >= 4 is 29.1 Å². The highest BCUT2D eigenvalue weighted by Crippen LogP contribution is 2.49. The minimum atomic E-state index is -1.87. The fourth-order valence-electron chi connectivity index (χ4n) is 3.42. The fourth-order valence-corrected chi connectivity index (χ4v) is 4.16. The summed E-state index contributed by atoms with van der Waals surface area (Å²) in [6.07, 6.45) is 1.86. The van der Waals surface area contributed by atoms with Gasteiger partial charge in [0.2, 0.25) is 11.5 Å². The molecule has 0 aromatic heterocycles. The van der Waals surface area contributed by atoms with Gasteiger partial charge in [0.15, 0.2) is 0 Å². The molecule has 4 rings (SSSR count). The molecule has 5 heteroatoms. The van der Waals surface area contributed by atoms with E-state index in [2.05, 4.69) is 0 Å². The molecule has 0 aliphatic carbocycles. The van der Waals surface area contributed by atoms with Crippen molar-refractivity contribution in [1.82, 2.24) is 4.90 Å². The first kappa shape index (κ1) is 15.2. The molecule has 0 radical (unpaired) electrons. The van der Waals surface area contributed by atoms with Crippen molar-refractivity contribution in [2.45, 2.75) is 12.1 Å². The van der Waals surface area contributed by atoms with Crippen molar-refractivity contribution in [2.75, 3.05) is 6.26 Å². The molecule has 2 aliphatic rings. The van der Waals surface area contributed by atoms with Crippen LogP contribution in [0.2, 0.25) is 0 Å². The molecule has 2 aromatic rings. The highest BCUT2D eigenvalue weighted by atomic mass is 32.2. The molecule has 0 spiro atoms. The number of hydrogen-bond acceptors (Lipinski definition) is 4. The monoisotopic (exact) mass is 337 g/mol. The minimum Gasteiger partial charge on any atom is -0.364 e. The molecule has 0 saturated heterocycles. The van der Waals surface area contributed by atoms with Crippen LogP contribution >= 0.6 is 11.8 Å². The Balaban J connectivity index is 1.87. The van der Waals surface area contributed by atoms with E-state index in [-0.39, 0.29) is 12.3 Å². The zero-order valence-electron chi connectivity index (χ0n) is 13.0. The average Bonchev–Trinajstić information content (AvgIpc) is 3.01. The molecular weight excluding hydrogens is 322 g/mol. The molecule has 1 unspecified atom stereocenters. The van der Waals surface area contributed by atoms with Gasteiger partial charge in [-0.15, -0.1) is 11.8 Å². The maximum atomic E-state index is 12.9. The van der Waals surface area contributed by atoms with E-state index in [4.69, 9.17) is 0 Å². The summed E-state index contributed by atoms with van der Waals surface area (Å²) in [5.74, 6) is -0.729. The smallest absolute Gasteiger partial charge is 0.261 e. The van der Waals surface area contributed by atoms with Gasteiger partial charge in [-0.05, 0) is 17.9 Å². The van der Waals surface area contributed by atoms with E-state index in [0.717, 1.165) is 5.56 Å². The standard InChI is InChI=1S/C19H15NO3S/c1-24-16-15-13-9-5-6-10-14(13)18(22)20(15)19(23,17(16)21)11-12-7-3-2-4-8-12/h2-10,23H,11H2,1H3. The zero-order chi connectivity index (χ0) is 16.9. The van der Waals surface area contributed by atoms with Crippen LogP contribution < -0.4 is 0 Å². The van der Waals surface area contributed by atoms with Crippen molar-refractivity contribution < 1.29 is 14.7 Å². The second-order valence-corrected chi connectivity index (χ2v) is 6.69. The number of fused-ring (bicyclic) bond motifs is 3. The largest absolute Gasteiger partial charge is 0.364 e. The molecule has 0 fully saturated rings. The molecule has 2 aromatic carbocycles. The maximum Gasteiger partial charge on any atom is 0.261 e. The van der Waals surface area contributed by atoms with Gasteiger partial charge in [-0.3, -0.25) is 14.5 Å². The Bertz CT molecular complexity index is 890. The molecule has 1 atom stereocenters. The van der Waals surface area contributed by atoms with Gasteiger partial charge in [-0.2, -0.15) is 0 Å². The van der Waals surface area contributed by atoms with Gasteiger partial charge in [-0.25, -0.2) is 0 Å². The Morgan fingerprint density at radius 2 is 1.62 bits per heavy atom. The van der Waals surface area contributed by atoms with Gasteiger partial charge in [0.05, 0.1) is 10.6 Å². The summed E-state index contributed by atoms with van der Waals surface area (Å²) >= 11 is 1.27. The number of hydrogen-bond donors (Lipinski definition) is 1. The number of ketones is 1. The molecule has 1 N–H and O–H groups in total. The number of benzene rings is 2. The van der Waals surface area contributed by atoms with Gasteiger partial charge < -0.3 is 5.11 Å². The van der Waals surface area contributed by atoms with Crippen LogP contribution in [0, 0.1) is 0 Å². The van der Waals surface area contributed by atoms with E-state index < -0.39 is 11.5 Å². The Morgan fingerprint density at radius 1 is 1.00 bits per heavy atom. The topological polar surface area (TPSA) is 57.6 Å². The Hall–Kier alpha value is -2.37. The number of carbonyl (C=O) groups excluding carboxylic acids is 2. The summed E-state index contributed by atoms with van der Waals surface area (Å²) in [5.41, 5.74) is 0.707. The lowest BCUT2D eigenvalue weighted by Gasteiger charge is -2.31. The quantitative estimate of drug-likeness (QED) is 0.935. The number of aliphatic hydroxyl groups is 1. The van der Waals surface area contributed by atoms with Crippen molar-refractivity contribution in [3.8, 4) is 0 Å². The van der Waals surface area contributed by atoms with E-state index in [1.807, 2.05) is 42.5 Å². The molecule has 0 saturated carbocycles. The summed E-state index contributed by atoms with van der Waals surface area (Å²) in [6.45, 7) is 0. The second kappa shape index (κ2) is 5.33. The lowest BCUT2D eigenvalue weighted by molar-refractivity contribution is -0.141. The number of thioether (sulfide) groups is 1. The average molecular weight is 337 g/mol. The Labute approximate surface area is 143 Å². The van der Waals surface area contributed by atoms with Crippen LogP contribution in [0.4, 0.5) is 0 Å². The Kier molecular flexibility index (Phi) is 3.37. The summed E-state index contributed by atoms with van der Waals surface area (Å²) in [7, 11) is 0. The predicted molar refractivity (Wildman–Crippen MR) is 93.1 cm³/mol. The van der Waals surface area contributed by atoms with Crippen LogP contribution in [0.25, 0.3) is 5.70 Å². The van der Waals surface area contributed by atoms with Crippen LogP contribution in [-0.4, -0.2) is 33.7 Å². The van der Waals surface area contributed by atoms with Crippen molar-refractivity contribution in [2.24, 2.45) is 0 Å². The first-order valence-corrected chi connectivity index (χ1v) is 8.83. The molecular formula is C19H15NO3S. The van der Waals surface area contributed by atoms with Gasteiger partial charge in [0.1, 0.15) is 0 Å². The summed E-state index contributed by atoms with van der Waals surface area (Å²) < 4.78 is 0. The lowest BCUT2D eigenvalue weighted by Crippen LogP contribution is -2.52. The molecule has 4 nitrogen and oxygen atoms in total. The third kappa shape index (κ3) is 1.92. The molecule has 1 amide bonds. The van der Waals surface area contributed by atoms with E-state index in [1.165, 1.54) is 16.7 Å². The van der Waals surface area contributed by atoms with E-state index in [0.29, 0.717) is 21.7 Å². The van der Waals surface area contributed by atoms with Gasteiger partial charge in [-0.1, -0.05) is 48.5 Å². The van der Waals surface area contributed by atoms with Gasteiger partial charge in [0, 0.05) is 17.5 Å². The summed E-state index contributed by atoms with van der Waals surface area (Å²) in [5, 5.41) is 11.2. The predicted octanol–water partition coefficient (Wildman–Crippen LogP) is 2.69. The van der Waals surface area contributed by atoms with E-state index >= 15 is 0 Å². The molecule has 2 heterocycles. The molecule has 0 bridgehead atoms. The fraction of sp³-hybridized carbons (Fsp3) is 0.158. The third-order valence-electron chi connectivity index (χ3n) is 4.49. The number of Topliss-reactive ketones (excluding diaryl/α,β-unsaturated/α-hetero) is 1. The van der Waals surface area contributed by atoms with Crippen LogP contribution in [0.15, 0.2) is 59.5 Å². The van der Waals surface area contributed by atoms with Crippen molar-refractivity contribution in [1.29, 1.82) is 0 Å². The number of rotatable bonds is 3. The minimum absolute atomic E-state index is 0.0694. The number of amides is 1. The van der Waals surface area contributed by atoms with E-state index in [9.17, 15) is 14.7 Å². The molecule has 24 heavy (non-hydrogen) atoms. The normalized spacial score (nSPS) is 22.2. The first-order valence-electron chi connectivity index (χ1n) is 7.61. The van der Waals surface area contributed by atoms with Crippen LogP contribution in [-0.2, 0) is 11.2 Å². The van der Waals surface area contributed by atoms with Gasteiger partial charge in [0.25, 0.3) is 5.91 Å². The summed E-state index contributed by atoms with van der Waals surface area (Å²) in [4.78, 5) is 27.5. The molecule has 2 aliphatic heterocycles. The van der Waals surface area contributed by atoms with Crippen LogP contribution in [0.5, 0.6) is 0 Å². The third-order valence-corrected chi connectivity index (χ3v) is 5.28. The Morgan fingerprint density at radius 3 is 2.29 bits per heavy atom. The number of carbonyl (C=O) groups is 2. The SMILES string of the molecule is CSC1=C2c3ccccc3C(=O)N2C(O)(Cc2ccccc2)C1=O. The summed E-state index contributed by atoms with van der Waals surface area (Å²) in [6, 6.07) is 16.4. The van der Waals surface area contributed by atoms with Crippen LogP contribution in [0.3, 0.4) is 0 Å². The first-order chi connectivity index (χ1) is 11.6. The maximum absolute atomic E-state index is 12.9. The second-order valence-electron chi connectivity index (χ2n) is 5.88. The van der Waals surface area contributed by atoms with Crippen LogP contribution in [0.1, 0.15) is 21.5 Å². The highest BCUT2D eigenvalue weighted by Gasteiger charge is 2.57.